The molecule has 1 spiro atoms. The third-order valence-electron chi connectivity index (χ3n) is 7.16. The van der Waals surface area contributed by atoms with Crippen LogP contribution in [0.5, 0.6) is 11.5 Å². The van der Waals surface area contributed by atoms with Gasteiger partial charge in [-0.05, 0) is 54.7 Å². The molecule has 0 bridgehead atoms. The second-order valence-electron chi connectivity index (χ2n) is 9.28. The van der Waals surface area contributed by atoms with Crippen molar-refractivity contribution in [1.29, 1.82) is 0 Å². The van der Waals surface area contributed by atoms with Crippen molar-refractivity contribution >= 4 is 11.9 Å². The Balaban J connectivity index is 1.49. The first-order valence-electron chi connectivity index (χ1n) is 12.0. The Hall–Kier alpha value is -3.10. The van der Waals surface area contributed by atoms with Gasteiger partial charge >= 0.3 is 6.03 Å². The van der Waals surface area contributed by atoms with Crippen molar-refractivity contribution in [3.63, 3.8) is 0 Å². The molecule has 4 rings (SSSR count). The zero-order valence-electron chi connectivity index (χ0n) is 21.1. The third-order valence-corrected chi connectivity index (χ3v) is 7.16. The highest BCUT2D eigenvalue weighted by atomic mass is 16.5. The van der Waals surface area contributed by atoms with Crippen LogP contribution in [0.2, 0.25) is 0 Å². The SMILES string of the molecule is COCCN1C(=O)N(Cc2cccc(OC)c2)C(=O)C12CCN(Cc1ccc(OC)c(C)c1)CC2. The van der Waals surface area contributed by atoms with E-state index in [2.05, 4.69) is 17.0 Å². The summed E-state index contributed by atoms with van der Waals surface area (Å²) in [5, 5.41) is 0. The van der Waals surface area contributed by atoms with E-state index < -0.39 is 5.54 Å². The Bertz CT molecular complexity index is 1060. The van der Waals surface area contributed by atoms with Crippen molar-refractivity contribution in [1.82, 2.24) is 14.7 Å². The van der Waals surface area contributed by atoms with Gasteiger partial charge in [0.25, 0.3) is 5.91 Å². The topological polar surface area (TPSA) is 71.6 Å². The summed E-state index contributed by atoms with van der Waals surface area (Å²) in [6.07, 6.45) is 1.20. The molecule has 8 nitrogen and oxygen atoms in total. The fourth-order valence-corrected chi connectivity index (χ4v) is 5.23. The number of ether oxygens (including phenoxy) is 3. The van der Waals surface area contributed by atoms with Crippen LogP contribution in [0, 0.1) is 6.92 Å². The number of hydrogen-bond donors (Lipinski definition) is 0. The van der Waals surface area contributed by atoms with E-state index in [1.165, 1.54) is 10.5 Å². The molecule has 35 heavy (non-hydrogen) atoms. The molecule has 0 aromatic heterocycles. The molecule has 0 saturated carbocycles. The summed E-state index contributed by atoms with van der Waals surface area (Å²) < 4.78 is 16.0. The number of carbonyl (C=O) groups is 2. The predicted octanol–water partition coefficient (Wildman–Crippen LogP) is 3.46. The molecule has 0 unspecified atom stereocenters. The normalized spacial score (nSPS) is 17.9. The van der Waals surface area contributed by atoms with Gasteiger partial charge in [-0.15, -0.1) is 0 Å². The average molecular weight is 482 g/mol. The standard InChI is InChI=1S/C27H35N3O5/c1-20-16-22(8-9-24(20)35-4)18-28-12-10-27(11-13-28)25(31)29(26(32)30(27)14-15-33-2)19-21-6-5-7-23(17-21)34-3/h5-9,16-17H,10-15,18-19H2,1-4H3. The maximum Gasteiger partial charge on any atom is 0.328 e. The Morgan fingerprint density at radius 3 is 2.31 bits per heavy atom. The predicted molar refractivity (Wildman–Crippen MR) is 132 cm³/mol. The Kier molecular flexibility index (Phi) is 7.62. The second kappa shape index (κ2) is 10.7. The van der Waals surface area contributed by atoms with Gasteiger partial charge in [0.05, 0.1) is 27.4 Å². The number of benzene rings is 2. The molecule has 2 saturated heterocycles. The van der Waals surface area contributed by atoms with Gasteiger partial charge in [-0.25, -0.2) is 4.79 Å². The molecule has 2 aliphatic heterocycles. The molecular weight excluding hydrogens is 446 g/mol. The monoisotopic (exact) mass is 481 g/mol. The lowest BCUT2D eigenvalue weighted by Crippen LogP contribution is -2.57. The summed E-state index contributed by atoms with van der Waals surface area (Å²) in [4.78, 5) is 32.7. The van der Waals surface area contributed by atoms with Crippen molar-refractivity contribution in [3.8, 4) is 11.5 Å². The van der Waals surface area contributed by atoms with E-state index in [1.54, 1.807) is 26.2 Å². The molecule has 0 aliphatic carbocycles. The largest absolute Gasteiger partial charge is 0.497 e. The molecule has 8 heteroatoms. The molecule has 3 amide bonds. The van der Waals surface area contributed by atoms with Crippen molar-refractivity contribution in [2.24, 2.45) is 0 Å². The summed E-state index contributed by atoms with van der Waals surface area (Å²) >= 11 is 0. The summed E-state index contributed by atoms with van der Waals surface area (Å²) in [5.74, 6) is 1.47. The average Bonchev–Trinajstić information content (AvgIpc) is 3.05. The van der Waals surface area contributed by atoms with E-state index in [0.717, 1.165) is 36.5 Å². The molecule has 2 fully saturated rings. The van der Waals surface area contributed by atoms with Crippen molar-refractivity contribution in [2.45, 2.75) is 38.4 Å². The molecule has 2 heterocycles. The zero-order valence-corrected chi connectivity index (χ0v) is 21.1. The first-order valence-corrected chi connectivity index (χ1v) is 12.0. The lowest BCUT2D eigenvalue weighted by Gasteiger charge is -2.42. The number of nitrogens with zero attached hydrogens (tertiary/aromatic N) is 3. The number of piperidine rings is 1. The molecule has 2 aliphatic rings. The Labute approximate surface area is 207 Å². The molecule has 0 N–H and O–H groups in total. The van der Waals surface area contributed by atoms with Crippen LogP contribution < -0.4 is 9.47 Å². The fraction of sp³-hybridized carbons (Fsp3) is 0.481. The number of rotatable bonds is 9. The first kappa shape index (κ1) is 25.0. The minimum Gasteiger partial charge on any atom is -0.497 e. The molecule has 2 aromatic rings. The van der Waals surface area contributed by atoms with E-state index >= 15 is 0 Å². The maximum atomic E-state index is 13.8. The van der Waals surface area contributed by atoms with Crippen LogP contribution in [0.3, 0.4) is 0 Å². The van der Waals surface area contributed by atoms with Gasteiger partial charge in [-0.3, -0.25) is 14.6 Å². The van der Waals surface area contributed by atoms with Crippen LogP contribution in [0.15, 0.2) is 42.5 Å². The van der Waals surface area contributed by atoms with Crippen LogP contribution in [0.1, 0.15) is 29.5 Å². The van der Waals surface area contributed by atoms with Crippen LogP contribution in [-0.4, -0.2) is 79.7 Å². The van der Waals surface area contributed by atoms with E-state index in [-0.39, 0.29) is 18.5 Å². The fourth-order valence-electron chi connectivity index (χ4n) is 5.23. The number of hydrogen-bond acceptors (Lipinski definition) is 6. The summed E-state index contributed by atoms with van der Waals surface area (Å²) in [6.45, 7) is 5.33. The second-order valence-corrected chi connectivity index (χ2v) is 9.28. The van der Waals surface area contributed by atoms with Crippen LogP contribution in [0.4, 0.5) is 4.79 Å². The molecule has 0 atom stereocenters. The highest BCUT2D eigenvalue weighted by Crippen LogP contribution is 2.38. The number of likely N-dealkylation sites (tertiary alicyclic amines) is 1. The van der Waals surface area contributed by atoms with Gasteiger partial charge in [-0.2, -0.15) is 0 Å². The van der Waals surface area contributed by atoms with Gasteiger partial charge in [0.15, 0.2) is 0 Å². The van der Waals surface area contributed by atoms with Crippen LogP contribution in [-0.2, 0) is 22.6 Å². The number of urea groups is 1. The highest BCUT2D eigenvalue weighted by molar-refractivity contribution is 6.07. The smallest absolute Gasteiger partial charge is 0.328 e. The van der Waals surface area contributed by atoms with Gasteiger partial charge in [0, 0.05) is 33.3 Å². The first-order chi connectivity index (χ1) is 16.9. The summed E-state index contributed by atoms with van der Waals surface area (Å²) in [6, 6.07) is 13.5. The van der Waals surface area contributed by atoms with Gasteiger partial charge in [0.2, 0.25) is 0 Å². The highest BCUT2D eigenvalue weighted by Gasteiger charge is 2.57. The van der Waals surface area contributed by atoms with Crippen molar-refractivity contribution < 1.29 is 23.8 Å². The number of aryl methyl sites for hydroxylation is 1. The van der Waals surface area contributed by atoms with E-state index in [1.807, 2.05) is 37.3 Å². The minimum atomic E-state index is -0.819. The van der Waals surface area contributed by atoms with Gasteiger partial charge < -0.3 is 19.1 Å². The maximum absolute atomic E-state index is 13.8. The van der Waals surface area contributed by atoms with E-state index in [4.69, 9.17) is 14.2 Å². The molecule has 2 aromatic carbocycles. The van der Waals surface area contributed by atoms with Gasteiger partial charge in [0.1, 0.15) is 17.0 Å². The number of amides is 3. The molecule has 188 valence electrons. The Morgan fingerprint density at radius 1 is 0.914 bits per heavy atom. The number of carbonyl (C=O) groups excluding carboxylic acids is 2. The van der Waals surface area contributed by atoms with Crippen LogP contribution in [0.25, 0.3) is 0 Å². The minimum absolute atomic E-state index is 0.110. The quantitative estimate of drug-likeness (QED) is 0.511. The lowest BCUT2D eigenvalue weighted by molar-refractivity contribution is -0.136. The summed E-state index contributed by atoms with van der Waals surface area (Å²) in [5.41, 5.74) is 2.36. The van der Waals surface area contributed by atoms with E-state index in [9.17, 15) is 9.59 Å². The van der Waals surface area contributed by atoms with E-state index in [0.29, 0.717) is 31.7 Å². The summed E-state index contributed by atoms with van der Waals surface area (Å²) in [7, 11) is 4.90. The van der Waals surface area contributed by atoms with Gasteiger partial charge in [-0.1, -0.05) is 24.3 Å². The van der Waals surface area contributed by atoms with Crippen molar-refractivity contribution in [3.05, 3.63) is 59.2 Å². The van der Waals surface area contributed by atoms with Crippen molar-refractivity contribution in [2.75, 3.05) is 47.6 Å². The number of methoxy groups -OCH3 is 3. The zero-order chi connectivity index (χ0) is 25.0. The Morgan fingerprint density at radius 2 is 1.66 bits per heavy atom. The third kappa shape index (κ3) is 4.99. The lowest BCUT2D eigenvalue weighted by atomic mass is 9.85. The molecular formula is C27H35N3O5. The molecule has 0 radical (unpaired) electrons. The van der Waals surface area contributed by atoms with Crippen LogP contribution >= 0.6 is 0 Å². The number of imide groups is 1.